The lowest BCUT2D eigenvalue weighted by Crippen LogP contribution is -2.13. The van der Waals surface area contributed by atoms with Crippen LogP contribution in [-0.4, -0.2) is 5.21 Å². The van der Waals surface area contributed by atoms with E-state index in [1.54, 1.807) is 0 Å². The van der Waals surface area contributed by atoms with Gasteiger partial charge < -0.3 is 0 Å². The van der Waals surface area contributed by atoms with E-state index in [4.69, 9.17) is 5.21 Å². The quantitative estimate of drug-likeness (QED) is 0.649. The molecule has 72 valence electrons. The van der Waals surface area contributed by atoms with E-state index < -0.39 is 0 Å². The van der Waals surface area contributed by atoms with E-state index >= 15 is 0 Å². The van der Waals surface area contributed by atoms with Gasteiger partial charge in [-0.15, -0.1) is 0 Å². The van der Waals surface area contributed by atoms with Gasteiger partial charge in [-0.25, -0.2) is 0 Å². The first kappa shape index (κ1) is 10.1. The van der Waals surface area contributed by atoms with Crippen molar-refractivity contribution >= 4 is 5.69 Å². The van der Waals surface area contributed by atoms with Crippen LogP contribution >= 0.6 is 0 Å². The van der Waals surface area contributed by atoms with Crippen molar-refractivity contribution in [1.82, 2.24) is 0 Å². The van der Waals surface area contributed by atoms with Gasteiger partial charge in [-0.05, 0) is 29.5 Å². The second-order valence-electron chi connectivity index (χ2n) is 4.41. The van der Waals surface area contributed by atoms with E-state index in [2.05, 4.69) is 32.3 Å². The highest BCUT2D eigenvalue weighted by Gasteiger charge is 2.17. The van der Waals surface area contributed by atoms with Gasteiger partial charge in [-0.2, -0.15) is 0 Å². The minimum atomic E-state index is 0.0543. The summed E-state index contributed by atoms with van der Waals surface area (Å²) in [4.78, 5) is 0. The summed E-state index contributed by atoms with van der Waals surface area (Å²) in [5.74, 6) is 0. The number of nitrogens with one attached hydrogen (secondary N) is 1. The Kier molecular flexibility index (Phi) is 2.62. The van der Waals surface area contributed by atoms with Gasteiger partial charge >= 0.3 is 0 Å². The zero-order valence-corrected chi connectivity index (χ0v) is 8.68. The fourth-order valence-corrected chi connectivity index (χ4v) is 1.40. The summed E-state index contributed by atoms with van der Waals surface area (Å²) in [7, 11) is 0. The molecule has 0 spiro atoms. The third-order valence-corrected chi connectivity index (χ3v) is 2.10. The fourth-order valence-electron chi connectivity index (χ4n) is 1.40. The Morgan fingerprint density at radius 1 is 1.23 bits per heavy atom. The van der Waals surface area contributed by atoms with E-state index in [-0.39, 0.29) is 5.41 Å². The predicted octanol–water partition coefficient (Wildman–Crippen LogP) is 3.09. The summed E-state index contributed by atoms with van der Waals surface area (Å²) in [6, 6.07) is 6.05. The minimum absolute atomic E-state index is 0.0543. The number of anilines is 1. The molecule has 2 N–H and O–H groups in total. The highest BCUT2D eigenvalue weighted by molar-refractivity contribution is 5.54. The molecule has 0 heterocycles. The molecule has 2 nitrogen and oxygen atoms in total. The van der Waals surface area contributed by atoms with E-state index in [1.807, 2.05) is 19.1 Å². The first-order valence-electron chi connectivity index (χ1n) is 4.46. The number of benzene rings is 1. The summed E-state index contributed by atoms with van der Waals surface area (Å²) in [6.45, 7) is 8.38. The van der Waals surface area contributed by atoms with Crippen molar-refractivity contribution in [3.05, 3.63) is 29.3 Å². The summed E-state index contributed by atoms with van der Waals surface area (Å²) in [5, 5.41) is 8.96. The second kappa shape index (κ2) is 3.38. The van der Waals surface area contributed by atoms with Crippen molar-refractivity contribution in [2.75, 3.05) is 5.48 Å². The molecular formula is C11H17NO. The third kappa shape index (κ3) is 2.22. The molecule has 0 aliphatic rings. The van der Waals surface area contributed by atoms with Crippen LogP contribution in [-0.2, 0) is 5.41 Å². The van der Waals surface area contributed by atoms with Crippen molar-refractivity contribution < 1.29 is 5.21 Å². The molecule has 1 rings (SSSR count). The lowest BCUT2D eigenvalue weighted by Gasteiger charge is -2.22. The average Bonchev–Trinajstić information content (AvgIpc) is 2.01. The van der Waals surface area contributed by atoms with E-state index in [0.29, 0.717) is 0 Å². The first-order valence-corrected chi connectivity index (χ1v) is 4.46. The number of hydrogen-bond donors (Lipinski definition) is 2. The Hall–Kier alpha value is -1.02. The van der Waals surface area contributed by atoms with Crippen LogP contribution in [0.1, 0.15) is 31.9 Å². The third-order valence-electron chi connectivity index (χ3n) is 2.10. The molecule has 1 aromatic rings. The molecule has 0 aliphatic carbocycles. The zero-order valence-electron chi connectivity index (χ0n) is 8.68. The SMILES string of the molecule is Cc1ccc(C(C)(C)C)c(NO)c1. The molecule has 0 unspecified atom stereocenters. The van der Waals surface area contributed by atoms with E-state index in [9.17, 15) is 0 Å². The second-order valence-corrected chi connectivity index (χ2v) is 4.41. The highest BCUT2D eigenvalue weighted by Crippen LogP contribution is 2.29. The molecule has 0 saturated carbocycles. The summed E-state index contributed by atoms with van der Waals surface area (Å²) >= 11 is 0. The Balaban J connectivity index is 3.22. The number of rotatable bonds is 1. The highest BCUT2D eigenvalue weighted by atomic mass is 16.5. The van der Waals surface area contributed by atoms with E-state index in [0.717, 1.165) is 16.8 Å². The Morgan fingerprint density at radius 2 is 1.85 bits per heavy atom. The van der Waals surface area contributed by atoms with Crippen LogP contribution in [0.15, 0.2) is 18.2 Å². The zero-order chi connectivity index (χ0) is 10.1. The van der Waals surface area contributed by atoms with Crippen LogP contribution in [0.2, 0.25) is 0 Å². The van der Waals surface area contributed by atoms with Gasteiger partial charge in [-0.3, -0.25) is 10.7 Å². The van der Waals surface area contributed by atoms with Gasteiger partial charge in [0.25, 0.3) is 0 Å². The average molecular weight is 179 g/mol. The van der Waals surface area contributed by atoms with Crippen molar-refractivity contribution in [2.24, 2.45) is 0 Å². The molecule has 0 atom stereocenters. The van der Waals surface area contributed by atoms with Gasteiger partial charge in [0.2, 0.25) is 0 Å². The molecule has 1 aromatic carbocycles. The maximum absolute atomic E-state index is 8.96. The van der Waals surface area contributed by atoms with Gasteiger partial charge in [0.05, 0.1) is 5.69 Å². The molecule has 0 amide bonds. The number of hydrogen-bond acceptors (Lipinski definition) is 2. The van der Waals surface area contributed by atoms with Crippen LogP contribution in [0.5, 0.6) is 0 Å². The molecular weight excluding hydrogens is 162 g/mol. The van der Waals surface area contributed by atoms with Crippen LogP contribution in [0.25, 0.3) is 0 Å². The summed E-state index contributed by atoms with van der Waals surface area (Å²) < 4.78 is 0. The Labute approximate surface area is 79.6 Å². The molecule has 13 heavy (non-hydrogen) atoms. The Bertz CT molecular complexity index is 299. The normalized spacial score (nSPS) is 11.5. The molecule has 0 radical (unpaired) electrons. The molecule has 0 aromatic heterocycles. The monoisotopic (exact) mass is 179 g/mol. The smallest absolute Gasteiger partial charge is 0.0642 e. The van der Waals surface area contributed by atoms with Crippen molar-refractivity contribution in [1.29, 1.82) is 0 Å². The van der Waals surface area contributed by atoms with Crippen LogP contribution in [0, 0.1) is 6.92 Å². The Morgan fingerprint density at radius 3 is 2.31 bits per heavy atom. The van der Waals surface area contributed by atoms with E-state index in [1.165, 1.54) is 0 Å². The molecule has 0 bridgehead atoms. The molecule has 0 saturated heterocycles. The fraction of sp³-hybridized carbons (Fsp3) is 0.455. The van der Waals surface area contributed by atoms with Crippen LogP contribution < -0.4 is 5.48 Å². The molecule has 0 fully saturated rings. The lowest BCUT2D eigenvalue weighted by atomic mass is 9.85. The van der Waals surface area contributed by atoms with Gasteiger partial charge in [0, 0.05) is 0 Å². The largest absolute Gasteiger partial charge is 0.291 e. The van der Waals surface area contributed by atoms with Gasteiger partial charge in [0.1, 0.15) is 0 Å². The predicted molar refractivity (Wildman–Crippen MR) is 55.3 cm³/mol. The van der Waals surface area contributed by atoms with Crippen molar-refractivity contribution in [3.8, 4) is 0 Å². The summed E-state index contributed by atoms with van der Waals surface area (Å²) in [6.07, 6.45) is 0. The van der Waals surface area contributed by atoms with Gasteiger partial charge in [-0.1, -0.05) is 32.9 Å². The van der Waals surface area contributed by atoms with Crippen molar-refractivity contribution in [2.45, 2.75) is 33.1 Å². The topological polar surface area (TPSA) is 32.3 Å². The molecule has 0 aliphatic heterocycles. The molecule has 2 heteroatoms. The lowest BCUT2D eigenvalue weighted by molar-refractivity contribution is 0.386. The number of aryl methyl sites for hydroxylation is 1. The van der Waals surface area contributed by atoms with Gasteiger partial charge in [0.15, 0.2) is 0 Å². The van der Waals surface area contributed by atoms with Crippen molar-refractivity contribution in [3.63, 3.8) is 0 Å². The van der Waals surface area contributed by atoms with Crippen LogP contribution in [0.3, 0.4) is 0 Å². The standard InChI is InChI=1S/C11H17NO/c1-8-5-6-9(11(2,3)4)10(7-8)12-13/h5-7,12-13H,1-4H3. The maximum atomic E-state index is 8.96. The van der Waals surface area contributed by atoms with Crippen LogP contribution in [0.4, 0.5) is 5.69 Å². The minimum Gasteiger partial charge on any atom is -0.291 e. The summed E-state index contributed by atoms with van der Waals surface area (Å²) in [5.41, 5.74) is 5.36. The maximum Gasteiger partial charge on any atom is 0.0642 e. The first-order chi connectivity index (χ1) is 5.95.